The van der Waals surface area contributed by atoms with Crippen molar-refractivity contribution < 1.29 is 9.47 Å². The van der Waals surface area contributed by atoms with Crippen molar-refractivity contribution in [3.63, 3.8) is 0 Å². The molecule has 0 amide bonds. The largest absolute Gasteiger partial charge is 0.493 e. The van der Waals surface area contributed by atoms with E-state index in [-0.39, 0.29) is 24.0 Å². The van der Waals surface area contributed by atoms with Crippen LogP contribution in [0.4, 0.5) is 0 Å². The van der Waals surface area contributed by atoms with Gasteiger partial charge in [-0.15, -0.1) is 24.0 Å². The van der Waals surface area contributed by atoms with E-state index >= 15 is 0 Å². The van der Waals surface area contributed by atoms with Crippen LogP contribution in [0.15, 0.2) is 17.1 Å². The average Bonchev–Trinajstić information content (AvgIpc) is 3.04. The topological polar surface area (TPSA) is 54.9 Å². The summed E-state index contributed by atoms with van der Waals surface area (Å²) in [5.74, 6) is 3.26. The summed E-state index contributed by atoms with van der Waals surface area (Å²) in [5, 5.41) is 7.31. The molecule has 2 N–H and O–H groups in total. The Morgan fingerprint density at radius 2 is 2.15 bits per heavy atom. The van der Waals surface area contributed by atoms with Crippen molar-refractivity contribution in [2.75, 3.05) is 33.1 Å². The molecule has 1 heterocycles. The van der Waals surface area contributed by atoms with Crippen LogP contribution in [0, 0.1) is 0 Å². The second-order valence-electron chi connectivity index (χ2n) is 6.22. The molecule has 1 atom stereocenters. The van der Waals surface area contributed by atoms with E-state index in [0.29, 0.717) is 34.4 Å². The van der Waals surface area contributed by atoms with Crippen molar-refractivity contribution in [1.82, 2.24) is 10.6 Å². The van der Waals surface area contributed by atoms with Gasteiger partial charge in [-0.3, -0.25) is 4.99 Å². The van der Waals surface area contributed by atoms with Gasteiger partial charge in [-0.05, 0) is 50.1 Å². The van der Waals surface area contributed by atoms with Crippen molar-refractivity contribution >= 4 is 53.3 Å². The highest BCUT2D eigenvalue weighted by Gasteiger charge is 2.29. The summed E-state index contributed by atoms with van der Waals surface area (Å²) in [7, 11) is 3.40. The summed E-state index contributed by atoms with van der Waals surface area (Å²) in [6.07, 6.45) is 2.53. The molecule has 1 aliphatic rings. The van der Waals surface area contributed by atoms with Crippen molar-refractivity contribution in [2.45, 2.75) is 38.0 Å². The zero-order valence-corrected chi connectivity index (χ0v) is 19.8. The van der Waals surface area contributed by atoms with Crippen LogP contribution in [0.3, 0.4) is 0 Å². The molecule has 148 valence electrons. The third-order valence-corrected chi connectivity index (χ3v) is 6.01. The average molecular weight is 514 g/mol. The number of thioether (sulfide) groups is 1. The lowest BCUT2D eigenvalue weighted by Gasteiger charge is -2.24. The molecule has 0 aliphatic carbocycles. The Morgan fingerprint density at radius 3 is 2.73 bits per heavy atom. The van der Waals surface area contributed by atoms with Crippen LogP contribution in [0.1, 0.15) is 32.3 Å². The Labute approximate surface area is 183 Å². The predicted octanol–water partition coefficient (Wildman–Crippen LogP) is 4.32. The molecule has 0 saturated carbocycles. The van der Waals surface area contributed by atoms with Gasteiger partial charge in [-0.1, -0.05) is 11.6 Å². The molecule has 26 heavy (non-hydrogen) atoms. The summed E-state index contributed by atoms with van der Waals surface area (Å²) >= 11 is 8.36. The van der Waals surface area contributed by atoms with Crippen molar-refractivity contribution in [3.8, 4) is 11.5 Å². The quantitative estimate of drug-likeness (QED) is 0.323. The maximum atomic E-state index is 6.33. The Hall–Kier alpha value is -0.540. The van der Waals surface area contributed by atoms with Crippen LogP contribution in [-0.2, 0) is 6.54 Å². The van der Waals surface area contributed by atoms with Crippen LogP contribution < -0.4 is 20.1 Å². The Bertz CT molecular complexity index is 610. The standard InChI is InChI=1S/C18H28ClN3O2S.HI/c1-5-24-16-14(19)9-13(10-15(16)23-4)11-21-17(20-3)22-12-18(2)7-6-8-25-18;/h9-10H,5-8,11-12H2,1-4H3,(H2,20,21,22);1H. The highest BCUT2D eigenvalue weighted by atomic mass is 127. The number of hydrogen-bond donors (Lipinski definition) is 2. The third kappa shape index (κ3) is 6.56. The van der Waals surface area contributed by atoms with Gasteiger partial charge >= 0.3 is 0 Å². The summed E-state index contributed by atoms with van der Waals surface area (Å²) in [5.41, 5.74) is 1.01. The normalized spacial score (nSPS) is 19.7. The SMILES string of the molecule is CCOc1c(Cl)cc(CNC(=NC)NCC2(C)CCCS2)cc1OC.I. The van der Waals surface area contributed by atoms with E-state index in [2.05, 4.69) is 22.5 Å². The number of halogens is 2. The number of ether oxygens (including phenoxy) is 2. The third-order valence-electron chi connectivity index (χ3n) is 4.19. The minimum Gasteiger partial charge on any atom is -0.493 e. The highest BCUT2D eigenvalue weighted by molar-refractivity contribution is 14.0. The van der Waals surface area contributed by atoms with Gasteiger partial charge in [0.2, 0.25) is 0 Å². The van der Waals surface area contributed by atoms with Gasteiger partial charge in [0, 0.05) is 24.9 Å². The lowest BCUT2D eigenvalue weighted by atomic mass is 10.1. The number of guanidine groups is 1. The maximum Gasteiger partial charge on any atom is 0.191 e. The number of hydrogen-bond acceptors (Lipinski definition) is 4. The first-order chi connectivity index (χ1) is 12.0. The predicted molar refractivity (Wildman–Crippen MR) is 123 cm³/mol. The lowest BCUT2D eigenvalue weighted by molar-refractivity contribution is 0.311. The molecule has 1 aromatic carbocycles. The maximum absolute atomic E-state index is 6.33. The Kier molecular flexibility index (Phi) is 10.2. The van der Waals surface area contributed by atoms with Crippen molar-refractivity contribution in [2.24, 2.45) is 4.99 Å². The Balaban J connectivity index is 0.00000338. The summed E-state index contributed by atoms with van der Waals surface area (Å²) in [6.45, 7) is 6.28. The molecule has 1 saturated heterocycles. The second-order valence-corrected chi connectivity index (χ2v) is 8.31. The molecule has 1 aliphatic heterocycles. The lowest BCUT2D eigenvalue weighted by Crippen LogP contribution is -2.43. The fourth-order valence-electron chi connectivity index (χ4n) is 2.81. The molecule has 2 rings (SSSR count). The smallest absolute Gasteiger partial charge is 0.191 e. The van der Waals surface area contributed by atoms with E-state index in [4.69, 9.17) is 21.1 Å². The second kappa shape index (κ2) is 11.3. The molecule has 1 fully saturated rings. The molecular weight excluding hydrogens is 485 g/mol. The number of aliphatic imine (C=N–C) groups is 1. The van der Waals surface area contributed by atoms with Gasteiger partial charge in [0.15, 0.2) is 17.5 Å². The van der Waals surface area contributed by atoms with Crippen LogP contribution in [0.5, 0.6) is 11.5 Å². The van der Waals surface area contributed by atoms with Crippen LogP contribution in [0.2, 0.25) is 5.02 Å². The number of nitrogens with zero attached hydrogens (tertiary/aromatic N) is 1. The zero-order chi connectivity index (χ0) is 18.3. The van der Waals surface area contributed by atoms with E-state index in [1.54, 1.807) is 14.2 Å². The van der Waals surface area contributed by atoms with Crippen LogP contribution in [0.25, 0.3) is 0 Å². The first-order valence-corrected chi connectivity index (χ1v) is 9.95. The van der Waals surface area contributed by atoms with E-state index in [1.165, 1.54) is 18.6 Å². The fraction of sp³-hybridized carbons (Fsp3) is 0.611. The first kappa shape index (κ1) is 23.5. The van der Waals surface area contributed by atoms with Crippen LogP contribution in [-0.4, -0.2) is 43.8 Å². The van der Waals surface area contributed by atoms with E-state index in [0.717, 1.165) is 18.1 Å². The monoisotopic (exact) mass is 513 g/mol. The number of methoxy groups -OCH3 is 1. The van der Waals surface area contributed by atoms with Gasteiger partial charge in [0.1, 0.15) is 0 Å². The summed E-state index contributed by atoms with van der Waals surface area (Å²) < 4.78 is 11.2. The molecule has 0 bridgehead atoms. The Morgan fingerprint density at radius 1 is 1.38 bits per heavy atom. The molecule has 5 nitrogen and oxygen atoms in total. The minimum absolute atomic E-state index is 0. The molecule has 0 radical (unpaired) electrons. The van der Waals surface area contributed by atoms with Gasteiger partial charge in [-0.2, -0.15) is 11.8 Å². The molecule has 8 heteroatoms. The van der Waals surface area contributed by atoms with Gasteiger partial charge < -0.3 is 20.1 Å². The number of rotatable bonds is 7. The molecule has 1 unspecified atom stereocenters. The molecule has 0 spiro atoms. The molecule has 1 aromatic rings. The zero-order valence-electron chi connectivity index (χ0n) is 15.9. The van der Waals surface area contributed by atoms with Gasteiger partial charge in [-0.25, -0.2) is 0 Å². The molecular formula is C18H29ClIN3O2S. The summed E-state index contributed by atoms with van der Waals surface area (Å²) in [6, 6.07) is 3.83. The van der Waals surface area contributed by atoms with Gasteiger partial charge in [0.25, 0.3) is 0 Å². The number of nitrogens with one attached hydrogen (secondary N) is 2. The van der Waals surface area contributed by atoms with Crippen molar-refractivity contribution in [1.29, 1.82) is 0 Å². The van der Waals surface area contributed by atoms with Crippen molar-refractivity contribution in [3.05, 3.63) is 22.7 Å². The van der Waals surface area contributed by atoms with Crippen LogP contribution >= 0.6 is 47.3 Å². The van der Waals surface area contributed by atoms with E-state index < -0.39 is 0 Å². The summed E-state index contributed by atoms with van der Waals surface area (Å²) in [4.78, 5) is 4.30. The minimum atomic E-state index is 0. The fourth-order valence-corrected chi connectivity index (χ4v) is 4.35. The van der Waals surface area contributed by atoms with E-state index in [1.807, 2.05) is 30.8 Å². The first-order valence-electron chi connectivity index (χ1n) is 8.59. The highest BCUT2D eigenvalue weighted by Crippen LogP contribution is 2.37. The molecule has 0 aromatic heterocycles. The van der Waals surface area contributed by atoms with E-state index in [9.17, 15) is 0 Å². The van der Waals surface area contributed by atoms with Gasteiger partial charge in [0.05, 0.1) is 18.7 Å². The number of benzene rings is 1.